The van der Waals surface area contributed by atoms with Crippen molar-refractivity contribution in [3.63, 3.8) is 0 Å². The van der Waals surface area contributed by atoms with E-state index >= 15 is 0 Å². The third-order valence-electron chi connectivity index (χ3n) is 4.94. The van der Waals surface area contributed by atoms with E-state index in [1.54, 1.807) is 12.1 Å². The number of carbonyl (C=O) groups is 1. The van der Waals surface area contributed by atoms with Gasteiger partial charge in [-0.3, -0.25) is 4.79 Å². The molecule has 5 heteroatoms. The summed E-state index contributed by atoms with van der Waals surface area (Å²) >= 11 is 0. The Hall–Kier alpha value is -1.46. The molecule has 23 heavy (non-hydrogen) atoms. The van der Waals surface area contributed by atoms with Gasteiger partial charge in [0.15, 0.2) is 0 Å². The summed E-state index contributed by atoms with van der Waals surface area (Å²) in [5.41, 5.74) is 0.447. The molecule has 0 N–H and O–H groups in total. The number of rotatable bonds is 4. The van der Waals surface area contributed by atoms with Gasteiger partial charge in [-0.15, -0.1) is 0 Å². The molecule has 0 spiro atoms. The minimum Gasteiger partial charge on any atom is -0.381 e. The number of benzene rings is 1. The van der Waals surface area contributed by atoms with Crippen molar-refractivity contribution < 1.29 is 13.9 Å². The Bertz CT molecular complexity index is 538. The second kappa shape index (κ2) is 7.41. The van der Waals surface area contributed by atoms with E-state index in [1.807, 2.05) is 4.90 Å². The number of piperidine rings is 1. The van der Waals surface area contributed by atoms with Gasteiger partial charge in [-0.1, -0.05) is 6.07 Å². The molecule has 0 aliphatic carbocycles. The minimum absolute atomic E-state index is 0.0500. The fourth-order valence-electron chi connectivity index (χ4n) is 3.50. The van der Waals surface area contributed by atoms with Gasteiger partial charge >= 0.3 is 0 Å². The monoisotopic (exact) mass is 320 g/mol. The number of hydrogen-bond donors (Lipinski definition) is 0. The van der Waals surface area contributed by atoms with Crippen LogP contribution in [0.4, 0.5) is 4.39 Å². The van der Waals surface area contributed by atoms with Crippen molar-refractivity contribution in [2.45, 2.75) is 25.3 Å². The highest BCUT2D eigenvalue weighted by Gasteiger charge is 2.30. The molecule has 2 aliphatic rings. The third kappa shape index (κ3) is 4.09. The van der Waals surface area contributed by atoms with Crippen molar-refractivity contribution in [2.24, 2.45) is 5.92 Å². The maximum atomic E-state index is 13.5. The molecule has 126 valence electrons. The van der Waals surface area contributed by atoms with Crippen LogP contribution < -0.4 is 0 Å². The van der Waals surface area contributed by atoms with Crippen LogP contribution in [0.5, 0.6) is 0 Å². The molecular weight excluding hydrogens is 295 g/mol. The summed E-state index contributed by atoms with van der Waals surface area (Å²) in [5.74, 6) is -0.0125. The first-order chi connectivity index (χ1) is 11.1. The maximum Gasteiger partial charge on any atom is 0.254 e. The Morgan fingerprint density at radius 3 is 2.78 bits per heavy atom. The van der Waals surface area contributed by atoms with Gasteiger partial charge in [0.05, 0.1) is 6.61 Å². The van der Waals surface area contributed by atoms with E-state index in [2.05, 4.69) is 11.9 Å². The maximum absolute atomic E-state index is 13.5. The molecule has 1 aromatic rings. The predicted octanol–water partition coefficient (Wildman–Crippen LogP) is 2.40. The van der Waals surface area contributed by atoms with E-state index < -0.39 is 0 Å². The van der Waals surface area contributed by atoms with Crippen molar-refractivity contribution in [1.82, 2.24) is 9.80 Å². The van der Waals surface area contributed by atoms with Gasteiger partial charge in [-0.05, 0) is 57.6 Å². The number of likely N-dealkylation sites (tertiary alicyclic amines) is 1. The zero-order valence-electron chi connectivity index (χ0n) is 13.7. The highest BCUT2D eigenvalue weighted by Crippen LogP contribution is 2.23. The van der Waals surface area contributed by atoms with E-state index in [4.69, 9.17) is 4.74 Å². The highest BCUT2D eigenvalue weighted by atomic mass is 19.1. The van der Waals surface area contributed by atoms with E-state index in [0.29, 0.717) is 18.0 Å². The van der Waals surface area contributed by atoms with Gasteiger partial charge in [0, 0.05) is 30.7 Å². The van der Waals surface area contributed by atoms with E-state index in [1.165, 1.54) is 12.1 Å². The summed E-state index contributed by atoms with van der Waals surface area (Å²) in [6, 6.07) is 6.27. The average Bonchev–Trinajstić information content (AvgIpc) is 3.06. The van der Waals surface area contributed by atoms with Crippen LogP contribution in [0.15, 0.2) is 24.3 Å². The van der Waals surface area contributed by atoms with Gasteiger partial charge in [0.2, 0.25) is 0 Å². The van der Waals surface area contributed by atoms with Crippen LogP contribution in [0.25, 0.3) is 0 Å². The van der Waals surface area contributed by atoms with Crippen LogP contribution >= 0.6 is 0 Å². The van der Waals surface area contributed by atoms with Crippen molar-refractivity contribution in [3.05, 3.63) is 35.6 Å². The van der Waals surface area contributed by atoms with E-state index in [0.717, 1.165) is 45.6 Å². The molecule has 1 unspecified atom stereocenters. The van der Waals surface area contributed by atoms with Crippen LogP contribution in [-0.2, 0) is 4.74 Å². The normalized spacial score (nSPS) is 23.1. The van der Waals surface area contributed by atoms with Crippen molar-refractivity contribution in [1.29, 1.82) is 0 Å². The van der Waals surface area contributed by atoms with Gasteiger partial charge in [0.1, 0.15) is 5.82 Å². The van der Waals surface area contributed by atoms with Crippen LogP contribution in [0, 0.1) is 11.7 Å². The largest absolute Gasteiger partial charge is 0.381 e. The van der Waals surface area contributed by atoms with Crippen molar-refractivity contribution >= 4 is 5.91 Å². The minimum atomic E-state index is -0.358. The number of ether oxygens (including phenoxy) is 1. The smallest absolute Gasteiger partial charge is 0.254 e. The van der Waals surface area contributed by atoms with E-state index in [9.17, 15) is 9.18 Å². The lowest BCUT2D eigenvalue weighted by atomic mass is 9.99. The molecule has 0 saturated carbocycles. The molecule has 1 aromatic carbocycles. The summed E-state index contributed by atoms with van der Waals surface area (Å²) in [6.07, 6.45) is 2.95. The van der Waals surface area contributed by atoms with Gasteiger partial charge in [-0.2, -0.15) is 0 Å². The van der Waals surface area contributed by atoms with E-state index in [-0.39, 0.29) is 17.8 Å². The molecule has 0 radical (unpaired) electrons. The number of amides is 1. The molecule has 1 amide bonds. The molecule has 2 aliphatic heterocycles. The summed E-state index contributed by atoms with van der Waals surface area (Å²) in [4.78, 5) is 17.2. The standard InChI is InChI=1S/C18H25FN2O2/c1-20-8-5-17(6-9-20)21(12-14-7-10-23-13-14)18(22)15-3-2-4-16(19)11-15/h2-4,11,14,17H,5-10,12-13H2,1H3. The SMILES string of the molecule is CN1CCC(N(CC2CCOC2)C(=O)c2cccc(F)c2)CC1. The van der Waals surface area contributed by atoms with Gasteiger partial charge < -0.3 is 14.5 Å². The molecule has 2 saturated heterocycles. The Balaban J connectivity index is 1.77. The fourth-order valence-corrected chi connectivity index (χ4v) is 3.50. The molecule has 0 aromatic heterocycles. The van der Waals surface area contributed by atoms with Crippen LogP contribution in [0.1, 0.15) is 29.6 Å². The Morgan fingerprint density at radius 2 is 2.13 bits per heavy atom. The third-order valence-corrected chi connectivity index (χ3v) is 4.94. The quantitative estimate of drug-likeness (QED) is 0.854. The molecular formula is C18H25FN2O2. The summed E-state index contributed by atoms with van der Waals surface area (Å²) in [7, 11) is 2.11. The van der Waals surface area contributed by atoms with Gasteiger partial charge in [0.25, 0.3) is 5.91 Å². The number of nitrogens with zero attached hydrogens (tertiary/aromatic N) is 2. The first-order valence-electron chi connectivity index (χ1n) is 8.46. The summed E-state index contributed by atoms with van der Waals surface area (Å²) < 4.78 is 19.0. The lowest BCUT2D eigenvalue weighted by Gasteiger charge is -2.38. The van der Waals surface area contributed by atoms with Crippen molar-refractivity contribution in [2.75, 3.05) is 39.9 Å². The number of hydrogen-bond acceptors (Lipinski definition) is 3. The molecule has 3 rings (SSSR count). The van der Waals surface area contributed by atoms with Gasteiger partial charge in [-0.25, -0.2) is 4.39 Å². The summed E-state index contributed by atoms with van der Waals surface area (Å²) in [5, 5.41) is 0. The molecule has 0 bridgehead atoms. The first-order valence-corrected chi connectivity index (χ1v) is 8.46. The highest BCUT2D eigenvalue weighted by molar-refractivity contribution is 5.94. The number of carbonyl (C=O) groups excluding carboxylic acids is 1. The Labute approximate surface area is 137 Å². The second-order valence-electron chi connectivity index (χ2n) is 6.73. The topological polar surface area (TPSA) is 32.8 Å². The van der Waals surface area contributed by atoms with Crippen molar-refractivity contribution in [3.8, 4) is 0 Å². The molecule has 1 atom stereocenters. The lowest BCUT2D eigenvalue weighted by molar-refractivity contribution is 0.0536. The lowest BCUT2D eigenvalue weighted by Crippen LogP contribution is -2.48. The zero-order chi connectivity index (χ0) is 16.2. The molecule has 2 heterocycles. The van der Waals surface area contributed by atoms with Crippen LogP contribution in [-0.4, -0.2) is 61.6 Å². The Morgan fingerprint density at radius 1 is 1.35 bits per heavy atom. The first kappa shape index (κ1) is 16.4. The summed E-state index contributed by atoms with van der Waals surface area (Å²) in [6.45, 7) is 4.21. The van der Waals surface area contributed by atoms with Crippen LogP contribution in [0.3, 0.4) is 0 Å². The fraction of sp³-hybridized carbons (Fsp3) is 0.611. The Kier molecular flexibility index (Phi) is 5.28. The number of halogens is 1. The molecule has 4 nitrogen and oxygen atoms in total. The molecule has 2 fully saturated rings. The second-order valence-corrected chi connectivity index (χ2v) is 6.73. The van der Waals surface area contributed by atoms with Crippen LogP contribution in [0.2, 0.25) is 0 Å². The zero-order valence-corrected chi connectivity index (χ0v) is 13.7. The predicted molar refractivity (Wildman–Crippen MR) is 86.9 cm³/mol. The average molecular weight is 320 g/mol.